The van der Waals surface area contributed by atoms with Gasteiger partial charge in [0.15, 0.2) is 0 Å². The van der Waals surface area contributed by atoms with E-state index >= 15 is 0 Å². The summed E-state index contributed by atoms with van der Waals surface area (Å²) in [6.45, 7) is 1.17. The van der Waals surface area contributed by atoms with Crippen LogP contribution in [0.5, 0.6) is 11.5 Å². The van der Waals surface area contributed by atoms with Crippen LogP contribution in [0.1, 0.15) is 11.1 Å². The van der Waals surface area contributed by atoms with Crippen LogP contribution >= 0.6 is 12.4 Å². The van der Waals surface area contributed by atoms with Crippen LogP contribution in [-0.4, -0.2) is 19.2 Å². The van der Waals surface area contributed by atoms with Crippen LogP contribution in [0.2, 0.25) is 0 Å². The van der Waals surface area contributed by atoms with E-state index in [1.807, 2.05) is 24.3 Å². The fraction of sp³-hybridized carbons (Fsp3) is 0.235. The molecule has 0 atom stereocenters. The summed E-state index contributed by atoms with van der Waals surface area (Å²) in [4.78, 5) is 11.7. The van der Waals surface area contributed by atoms with Gasteiger partial charge in [0.1, 0.15) is 11.5 Å². The molecule has 0 fully saturated rings. The first-order chi connectivity index (χ1) is 10.7. The van der Waals surface area contributed by atoms with Gasteiger partial charge in [0.2, 0.25) is 0 Å². The second-order valence-electron chi connectivity index (χ2n) is 4.82. The van der Waals surface area contributed by atoms with Crippen LogP contribution in [0.3, 0.4) is 0 Å². The van der Waals surface area contributed by atoms with E-state index in [-0.39, 0.29) is 12.4 Å². The van der Waals surface area contributed by atoms with Gasteiger partial charge in [0, 0.05) is 0 Å². The number of hydrogen-bond acceptors (Lipinski definition) is 5. The van der Waals surface area contributed by atoms with Crippen molar-refractivity contribution in [3.05, 3.63) is 59.7 Å². The number of carbonyl (C=O) groups is 1. The summed E-state index contributed by atoms with van der Waals surface area (Å²) in [5, 5.41) is 0. The molecule has 2 aromatic rings. The lowest BCUT2D eigenvalue weighted by Gasteiger charge is -2.07. The fourth-order valence-electron chi connectivity index (χ4n) is 1.99. The number of hydrogen-bond donors (Lipinski definition) is 2. The summed E-state index contributed by atoms with van der Waals surface area (Å²) in [6, 6.07) is 14.4. The molecule has 4 N–H and O–H groups in total. The van der Waals surface area contributed by atoms with Crippen molar-refractivity contribution in [2.24, 2.45) is 11.5 Å². The smallest absolute Gasteiger partial charge is 0.395 e. The highest BCUT2D eigenvalue weighted by Gasteiger charge is 2.08. The van der Waals surface area contributed by atoms with Crippen LogP contribution in [0, 0.1) is 0 Å². The number of carbonyl (C=O) groups excluding carboxylic acids is 1. The molecule has 0 bridgehead atoms. The van der Waals surface area contributed by atoms with E-state index in [1.165, 1.54) is 0 Å². The number of halogens is 1. The Bertz CT molecular complexity index is 547. The van der Waals surface area contributed by atoms with Gasteiger partial charge in [-0.15, -0.1) is 12.4 Å². The zero-order valence-electron chi connectivity index (χ0n) is 12.7. The predicted octanol–water partition coefficient (Wildman–Crippen LogP) is 2.69. The molecule has 124 valence electrons. The topological polar surface area (TPSA) is 87.6 Å². The molecule has 2 rings (SSSR count). The van der Waals surface area contributed by atoms with Gasteiger partial charge in [-0.3, -0.25) is 0 Å². The van der Waals surface area contributed by atoms with Gasteiger partial charge in [-0.2, -0.15) is 0 Å². The minimum absolute atomic E-state index is 0. The van der Waals surface area contributed by atoms with Crippen LogP contribution in [0.25, 0.3) is 0 Å². The molecule has 23 heavy (non-hydrogen) atoms. The van der Waals surface area contributed by atoms with Gasteiger partial charge in [-0.05, 0) is 61.3 Å². The maximum atomic E-state index is 11.7. The first kappa shape index (κ1) is 19.0. The van der Waals surface area contributed by atoms with Gasteiger partial charge in [-0.1, -0.05) is 24.3 Å². The molecule has 0 radical (unpaired) electrons. The highest BCUT2D eigenvalue weighted by molar-refractivity contribution is 5.85. The lowest BCUT2D eigenvalue weighted by Crippen LogP contribution is -2.13. The standard InChI is InChI=1S/C17H20N2O3.ClH/c18-11-9-13-1-5-15(6-2-13)21-17(20)22-16-7-3-14(4-8-16)10-12-19;/h1-8H,9-12,18-19H2;1H. The van der Waals surface area contributed by atoms with E-state index in [2.05, 4.69) is 0 Å². The first-order valence-corrected chi connectivity index (χ1v) is 7.19. The summed E-state index contributed by atoms with van der Waals surface area (Å²) in [5.41, 5.74) is 13.2. The van der Waals surface area contributed by atoms with E-state index in [9.17, 15) is 4.79 Å². The minimum atomic E-state index is -0.766. The maximum Gasteiger partial charge on any atom is 0.519 e. The van der Waals surface area contributed by atoms with E-state index in [0.29, 0.717) is 24.6 Å². The highest BCUT2D eigenvalue weighted by atomic mass is 35.5. The molecule has 0 saturated heterocycles. The van der Waals surface area contributed by atoms with Crippen molar-refractivity contribution in [3.63, 3.8) is 0 Å². The van der Waals surface area contributed by atoms with Crippen molar-refractivity contribution in [1.29, 1.82) is 0 Å². The van der Waals surface area contributed by atoms with E-state index in [4.69, 9.17) is 20.9 Å². The molecular formula is C17H21ClN2O3. The maximum absolute atomic E-state index is 11.7. The van der Waals surface area contributed by atoms with Gasteiger partial charge < -0.3 is 20.9 Å². The van der Waals surface area contributed by atoms with Gasteiger partial charge in [0.05, 0.1) is 0 Å². The zero-order valence-corrected chi connectivity index (χ0v) is 13.6. The molecule has 0 saturated carbocycles. The molecule has 0 spiro atoms. The second kappa shape index (κ2) is 9.84. The summed E-state index contributed by atoms with van der Waals surface area (Å²) in [5.74, 6) is 0.871. The summed E-state index contributed by atoms with van der Waals surface area (Å²) in [7, 11) is 0. The Kier molecular flexibility index (Phi) is 8.11. The Morgan fingerprint density at radius 1 is 0.739 bits per heavy atom. The third-order valence-electron chi connectivity index (χ3n) is 3.12. The molecule has 0 aliphatic rings. The molecule has 0 heterocycles. The van der Waals surface area contributed by atoms with E-state index < -0.39 is 6.16 Å². The monoisotopic (exact) mass is 336 g/mol. The lowest BCUT2D eigenvalue weighted by atomic mass is 10.1. The molecule has 0 amide bonds. The Balaban J connectivity index is 0.00000264. The van der Waals surface area contributed by atoms with Crippen molar-refractivity contribution in [2.45, 2.75) is 12.8 Å². The molecule has 0 aliphatic heterocycles. The fourth-order valence-corrected chi connectivity index (χ4v) is 1.99. The van der Waals surface area contributed by atoms with Crippen molar-refractivity contribution in [2.75, 3.05) is 13.1 Å². The van der Waals surface area contributed by atoms with E-state index in [0.717, 1.165) is 24.0 Å². The molecule has 0 aromatic heterocycles. The number of nitrogens with two attached hydrogens (primary N) is 2. The van der Waals surface area contributed by atoms with Gasteiger partial charge in [-0.25, -0.2) is 4.79 Å². The van der Waals surface area contributed by atoms with Crippen molar-refractivity contribution >= 4 is 18.6 Å². The summed E-state index contributed by atoms with van der Waals surface area (Å²) in [6.07, 6.45) is 0.817. The SMILES string of the molecule is Cl.NCCc1ccc(OC(=O)Oc2ccc(CCN)cc2)cc1. The van der Waals surface area contributed by atoms with E-state index in [1.54, 1.807) is 24.3 Å². The van der Waals surface area contributed by atoms with Crippen molar-refractivity contribution < 1.29 is 14.3 Å². The highest BCUT2D eigenvalue weighted by Crippen LogP contribution is 2.16. The Hall–Kier alpha value is -2.08. The number of benzene rings is 2. The molecule has 5 nitrogen and oxygen atoms in total. The Labute approximate surface area is 142 Å². The molecule has 0 aliphatic carbocycles. The quantitative estimate of drug-likeness (QED) is 0.625. The Morgan fingerprint density at radius 2 is 1.09 bits per heavy atom. The Morgan fingerprint density at radius 3 is 1.39 bits per heavy atom. The van der Waals surface area contributed by atoms with Gasteiger partial charge >= 0.3 is 6.16 Å². The van der Waals surface area contributed by atoms with Crippen LogP contribution in [0.15, 0.2) is 48.5 Å². The lowest BCUT2D eigenvalue weighted by molar-refractivity contribution is 0.152. The predicted molar refractivity (Wildman–Crippen MR) is 92.3 cm³/mol. The third kappa shape index (κ3) is 6.28. The summed E-state index contributed by atoms with van der Waals surface area (Å²) >= 11 is 0. The number of ether oxygens (including phenoxy) is 2. The van der Waals surface area contributed by atoms with Crippen LogP contribution in [-0.2, 0) is 12.8 Å². The third-order valence-corrected chi connectivity index (χ3v) is 3.12. The summed E-state index contributed by atoms with van der Waals surface area (Å²) < 4.78 is 10.2. The zero-order chi connectivity index (χ0) is 15.8. The van der Waals surface area contributed by atoms with Gasteiger partial charge in [0.25, 0.3) is 0 Å². The molecule has 0 unspecified atom stereocenters. The molecular weight excluding hydrogens is 316 g/mol. The largest absolute Gasteiger partial charge is 0.519 e. The van der Waals surface area contributed by atoms with Crippen LogP contribution < -0.4 is 20.9 Å². The normalized spacial score (nSPS) is 9.83. The minimum Gasteiger partial charge on any atom is -0.395 e. The average Bonchev–Trinajstić information content (AvgIpc) is 2.52. The first-order valence-electron chi connectivity index (χ1n) is 7.19. The molecule has 2 aromatic carbocycles. The molecule has 6 heteroatoms. The van der Waals surface area contributed by atoms with Crippen molar-refractivity contribution in [3.8, 4) is 11.5 Å². The average molecular weight is 337 g/mol. The number of rotatable bonds is 6. The van der Waals surface area contributed by atoms with Crippen molar-refractivity contribution in [1.82, 2.24) is 0 Å². The second-order valence-corrected chi connectivity index (χ2v) is 4.82. The van der Waals surface area contributed by atoms with Crippen LogP contribution in [0.4, 0.5) is 4.79 Å².